The molecule has 1 N–H and O–H groups in total. The molecule has 1 aliphatic heterocycles. The van der Waals surface area contributed by atoms with E-state index in [2.05, 4.69) is 6.92 Å². The van der Waals surface area contributed by atoms with Gasteiger partial charge in [0.15, 0.2) is 6.10 Å². The highest BCUT2D eigenvalue weighted by atomic mass is 16.6. The summed E-state index contributed by atoms with van der Waals surface area (Å²) in [4.78, 5) is 37.8. The summed E-state index contributed by atoms with van der Waals surface area (Å²) in [5, 5.41) is 10.5. The van der Waals surface area contributed by atoms with Crippen LogP contribution in [0.3, 0.4) is 0 Å². The van der Waals surface area contributed by atoms with Gasteiger partial charge in [-0.3, -0.25) is 9.59 Å². The summed E-state index contributed by atoms with van der Waals surface area (Å²) in [5.41, 5.74) is 0.609. The average molecular weight is 388 g/mol. The van der Waals surface area contributed by atoms with E-state index < -0.39 is 29.6 Å². The minimum Gasteiger partial charge on any atom is -0.454 e. The molecule has 0 amide bonds. The van der Waals surface area contributed by atoms with E-state index in [4.69, 9.17) is 9.47 Å². The second-order valence-electron chi connectivity index (χ2n) is 9.58. The molecule has 1 fully saturated rings. The van der Waals surface area contributed by atoms with Crippen LogP contribution in [0.15, 0.2) is 22.5 Å². The molecule has 28 heavy (non-hydrogen) atoms. The SMILES string of the molecule is CC(=O)O[C@@H]1C(=O)C2=C3OC(=O)C4=C3[C@](C)(CC[C@H]4O)CC[C@@]2(C)[C@@H]1C(C)C. The number of Topliss-reactive ketones (excluding diaryl/α,β-unsaturated/α-hetero) is 1. The van der Waals surface area contributed by atoms with Crippen molar-refractivity contribution in [3.8, 4) is 0 Å². The first-order valence-electron chi connectivity index (χ1n) is 10.1. The molecule has 5 atom stereocenters. The zero-order valence-corrected chi connectivity index (χ0v) is 17.1. The topological polar surface area (TPSA) is 89.9 Å². The standard InChI is InChI=1S/C22H28O6/c1-10(2)14-19(27-11(3)23)17(25)16-18-15-13(20(26)28-18)12(24)6-7-21(15,4)8-9-22(14,16)5/h10,12,14,19,24H,6-9H2,1-5H3/t12-,14-,19+,21-,22+/m1/s1. The number of rotatable bonds is 2. The Bertz CT molecular complexity index is 849. The van der Waals surface area contributed by atoms with Gasteiger partial charge in [-0.15, -0.1) is 0 Å². The van der Waals surface area contributed by atoms with Gasteiger partial charge in [0.25, 0.3) is 0 Å². The number of carbonyl (C=O) groups is 3. The number of aliphatic hydroxyl groups excluding tert-OH is 1. The molecule has 3 aliphatic carbocycles. The number of ether oxygens (including phenoxy) is 2. The average Bonchev–Trinajstić information content (AvgIpc) is 3.00. The van der Waals surface area contributed by atoms with Gasteiger partial charge in [-0.05, 0) is 37.0 Å². The van der Waals surface area contributed by atoms with Gasteiger partial charge in [0, 0.05) is 29.4 Å². The number of hydrogen-bond acceptors (Lipinski definition) is 6. The number of esters is 2. The van der Waals surface area contributed by atoms with Crippen molar-refractivity contribution in [2.24, 2.45) is 22.7 Å². The van der Waals surface area contributed by atoms with Crippen LogP contribution in [0.4, 0.5) is 0 Å². The third-order valence-electron chi connectivity index (χ3n) is 7.39. The van der Waals surface area contributed by atoms with Crippen LogP contribution in [0.25, 0.3) is 0 Å². The predicted octanol–water partition coefficient (Wildman–Crippen LogP) is 2.84. The van der Waals surface area contributed by atoms with Crippen LogP contribution < -0.4 is 0 Å². The van der Waals surface area contributed by atoms with Gasteiger partial charge in [-0.1, -0.05) is 27.7 Å². The lowest BCUT2D eigenvalue weighted by Crippen LogP contribution is -2.37. The molecule has 4 aliphatic rings. The Kier molecular flexibility index (Phi) is 4.17. The van der Waals surface area contributed by atoms with Crippen molar-refractivity contribution < 1.29 is 29.0 Å². The molecule has 0 bridgehead atoms. The van der Waals surface area contributed by atoms with Gasteiger partial charge in [-0.25, -0.2) is 4.79 Å². The van der Waals surface area contributed by atoms with Crippen LogP contribution >= 0.6 is 0 Å². The molecule has 0 spiro atoms. The van der Waals surface area contributed by atoms with Crippen molar-refractivity contribution in [1.29, 1.82) is 0 Å². The van der Waals surface area contributed by atoms with E-state index >= 15 is 0 Å². The Hall–Kier alpha value is -1.95. The fourth-order valence-electron chi connectivity index (χ4n) is 6.15. The summed E-state index contributed by atoms with van der Waals surface area (Å²) in [6.45, 7) is 9.50. The first kappa shape index (κ1) is 19.4. The molecule has 6 heteroatoms. The van der Waals surface area contributed by atoms with Crippen LogP contribution in [0, 0.1) is 22.7 Å². The molecular weight excluding hydrogens is 360 g/mol. The molecule has 0 saturated heterocycles. The number of hydrogen-bond donors (Lipinski definition) is 1. The van der Waals surface area contributed by atoms with E-state index in [9.17, 15) is 19.5 Å². The number of fused-ring (bicyclic) bond motifs is 1. The van der Waals surface area contributed by atoms with Crippen molar-refractivity contribution in [2.75, 3.05) is 0 Å². The molecule has 6 nitrogen and oxygen atoms in total. The number of allylic oxidation sites excluding steroid dienone is 1. The minimum absolute atomic E-state index is 0.0977. The van der Waals surface area contributed by atoms with Crippen LogP contribution in [0.5, 0.6) is 0 Å². The second-order valence-corrected chi connectivity index (χ2v) is 9.58. The maximum Gasteiger partial charge on any atom is 0.342 e. The zero-order chi connectivity index (χ0) is 20.6. The lowest BCUT2D eigenvalue weighted by atomic mass is 9.65. The van der Waals surface area contributed by atoms with Gasteiger partial charge in [-0.2, -0.15) is 0 Å². The molecule has 0 aromatic heterocycles. The van der Waals surface area contributed by atoms with E-state index in [1.54, 1.807) is 0 Å². The molecule has 0 aromatic rings. The van der Waals surface area contributed by atoms with E-state index in [0.717, 1.165) is 19.3 Å². The zero-order valence-electron chi connectivity index (χ0n) is 17.1. The molecule has 1 heterocycles. The van der Waals surface area contributed by atoms with Crippen molar-refractivity contribution >= 4 is 17.7 Å². The van der Waals surface area contributed by atoms with Gasteiger partial charge in [0.2, 0.25) is 5.78 Å². The Morgan fingerprint density at radius 1 is 1.18 bits per heavy atom. The molecule has 0 unspecified atom stereocenters. The summed E-state index contributed by atoms with van der Waals surface area (Å²) in [6, 6.07) is 0. The van der Waals surface area contributed by atoms with Crippen LogP contribution in [0.2, 0.25) is 0 Å². The summed E-state index contributed by atoms with van der Waals surface area (Å²) in [6.07, 6.45) is 1.04. The highest BCUT2D eigenvalue weighted by Gasteiger charge is 2.62. The lowest BCUT2D eigenvalue weighted by molar-refractivity contribution is -0.155. The van der Waals surface area contributed by atoms with E-state index in [1.165, 1.54) is 6.92 Å². The Morgan fingerprint density at radius 3 is 2.46 bits per heavy atom. The van der Waals surface area contributed by atoms with Crippen LogP contribution in [-0.2, 0) is 23.9 Å². The predicted molar refractivity (Wildman–Crippen MR) is 99.7 cm³/mol. The minimum atomic E-state index is -0.869. The van der Waals surface area contributed by atoms with E-state index in [-0.39, 0.29) is 23.0 Å². The van der Waals surface area contributed by atoms with Gasteiger partial charge in [0.05, 0.1) is 11.7 Å². The first-order chi connectivity index (χ1) is 13.0. The van der Waals surface area contributed by atoms with Crippen LogP contribution in [-0.4, -0.2) is 35.0 Å². The Morgan fingerprint density at radius 2 is 1.86 bits per heavy atom. The first-order valence-corrected chi connectivity index (χ1v) is 10.1. The molecule has 0 radical (unpaired) electrons. The highest BCUT2D eigenvalue weighted by molar-refractivity contribution is 6.07. The van der Waals surface area contributed by atoms with Crippen molar-refractivity contribution in [3.05, 3.63) is 22.5 Å². The Labute approximate surface area is 165 Å². The summed E-state index contributed by atoms with van der Waals surface area (Å²) < 4.78 is 11.2. The van der Waals surface area contributed by atoms with E-state index in [0.29, 0.717) is 28.9 Å². The normalized spacial score (nSPS) is 39.8. The highest BCUT2D eigenvalue weighted by Crippen LogP contribution is 2.62. The monoisotopic (exact) mass is 388 g/mol. The smallest absolute Gasteiger partial charge is 0.342 e. The largest absolute Gasteiger partial charge is 0.454 e. The summed E-state index contributed by atoms with van der Waals surface area (Å²) in [5.74, 6) is -1.08. The molecule has 152 valence electrons. The van der Waals surface area contributed by atoms with Crippen LogP contribution in [0.1, 0.15) is 60.3 Å². The van der Waals surface area contributed by atoms with Crippen molar-refractivity contribution in [1.82, 2.24) is 0 Å². The number of ketones is 1. The number of carbonyl (C=O) groups excluding carboxylic acids is 3. The third kappa shape index (κ3) is 2.39. The van der Waals surface area contributed by atoms with Gasteiger partial charge < -0.3 is 14.6 Å². The molecular formula is C22H28O6. The molecule has 1 saturated carbocycles. The Balaban J connectivity index is 1.98. The fraction of sp³-hybridized carbons (Fsp3) is 0.682. The molecule has 4 rings (SSSR count). The summed E-state index contributed by atoms with van der Waals surface area (Å²) >= 11 is 0. The summed E-state index contributed by atoms with van der Waals surface area (Å²) in [7, 11) is 0. The lowest BCUT2D eigenvalue weighted by Gasteiger charge is -2.38. The van der Waals surface area contributed by atoms with Crippen molar-refractivity contribution in [3.63, 3.8) is 0 Å². The molecule has 0 aromatic carbocycles. The third-order valence-corrected chi connectivity index (χ3v) is 7.39. The number of aliphatic hydroxyl groups is 1. The van der Waals surface area contributed by atoms with Gasteiger partial charge >= 0.3 is 11.9 Å². The maximum absolute atomic E-state index is 13.5. The van der Waals surface area contributed by atoms with E-state index in [1.807, 2.05) is 20.8 Å². The fourth-order valence-corrected chi connectivity index (χ4v) is 6.15. The second kappa shape index (κ2) is 6.02. The van der Waals surface area contributed by atoms with Gasteiger partial charge in [0.1, 0.15) is 5.76 Å². The maximum atomic E-state index is 13.5. The van der Waals surface area contributed by atoms with Crippen molar-refractivity contribution in [2.45, 2.75) is 72.5 Å². The quantitative estimate of drug-likeness (QED) is 0.732.